The first-order valence-electron chi connectivity index (χ1n) is 6.16. The molecule has 0 heterocycles. The van der Waals surface area contributed by atoms with Gasteiger partial charge in [-0.15, -0.1) is 0 Å². The van der Waals surface area contributed by atoms with Gasteiger partial charge in [0.25, 0.3) is 0 Å². The van der Waals surface area contributed by atoms with Gasteiger partial charge in [0.2, 0.25) is 0 Å². The Kier molecular flexibility index (Phi) is 6.80. The van der Waals surface area contributed by atoms with E-state index in [0.717, 1.165) is 4.47 Å². The smallest absolute Gasteiger partial charge is 0.315 e. The highest BCUT2D eigenvalue weighted by atomic mass is 79.9. The monoisotopic (exact) mass is 332 g/mol. The first-order chi connectivity index (χ1) is 9.02. The summed E-state index contributed by atoms with van der Waals surface area (Å²) in [7, 11) is 0. The second kappa shape index (κ2) is 8.12. The predicted molar refractivity (Wildman–Crippen MR) is 75.3 cm³/mol. The van der Waals surface area contributed by atoms with Crippen LogP contribution in [0.2, 0.25) is 0 Å². The van der Waals surface area contributed by atoms with Gasteiger partial charge < -0.3 is 15.7 Å². The fraction of sp³-hybridized carbons (Fsp3) is 0.462. The van der Waals surface area contributed by atoms with E-state index >= 15 is 0 Å². The third-order valence-electron chi connectivity index (χ3n) is 2.68. The molecule has 0 aliphatic rings. The van der Waals surface area contributed by atoms with E-state index in [0.29, 0.717) is 24.9 Å². The summed E-state index contributed by atoms with van der Waals surface area (Å²) in [6.45, 7) is 2.38. The summed E-state index contributed by atoms with van der Waals surface area (Å²) in [5, 5.41) is 14.5. The summed E-state index contributed by atoms with van der Waals surface area (Å²) in [6.07, 6.45) is 0.768. The van der Waals surface area contributed by atoms with Crippen LogP contribution in [0.5, 0.6) is 0 Å². The van der Waals surface area contributed by atoms with Crippen molar-refractivity contribution in [3.63, 3.8) is 0 Å². The molecule has 1 unspecified atom stereocenters. The van der Waals surface area contributed by atoms with Crippen molar-refractivity contribution in [2.24, 2.45) is 0 Å². The van der Waals surface area contributed by atoms with E-state index in [9.17, 15) is 14.3 Å². The molecule has 3 N–H and O–H groups in total. The lowest BCUT2D eigenvalue weighted by Crippen LogP contribution is -2.36. The second-order valence-electron chi connectivity index (χ2n) is 4.20. The first-order valence-corrected chi connectivity index (χ1v) is 6.96. The number of halogens is 2. The average molecular weight is 333 g/mol. The Hall–Kier alpha value is -1.14. The van der Waals surface area contributed by atoms with Crippen LogP contribution in [-0.2, 0) is 6.54 Å². The molecule has 0 radical (unpaired) electrons. The van der Waals surface area contributed by atoms with Crippen LogP contribution in [0.25, 0.3) is 0 Å². The van der Waals surface area contributed by atoms with E-state index in [1.165, 1.54) is 6.07 Å². The van der Waals surface area contributed by atoms with Gasteiger partial charge in [0.15, 0.2) is 0 Å². The van der Waals surface area contributed by atoms with E-state index in [2.05, 4.69) is 26.6 Å². The molecule has 0 spiro atoms. The Labute approximate surface area is 120 Å². The summed E-state index contributed by atoms with van der Waals surface area (Å²) >= 11 is 3.25. The number of carbonyl (C=O) groups is 1. The molecule has 1 atom stereocenters. The topological polar surface area (TPSA) is 61.4 Å². The molecular formula is C13H18BrFN2O2. The molecule has 6 heteroatoms. The number of carbonyl (C=O) groups excluding carboxylic acids is 1. The first kappa shape index (κ1) is 15.9. The van der Waals surface area contributed by atoms with Gasteiger partial charge in [0.05, 0.1) is 6.10 Å². The third kappa shape index (κ3) is 6.02. The van der Waals surface area contributed by atoms with E-state index in [1.54, 1.807) is 12.1 Å². The second-order valence-corrected chi connectivity index (χ2v) is 5.11. The van der Waals surface area contributed by atoms with Crippen LogP contribution in [0, 0.1) is 5.82 Å². The Bertz CT molecular complexity index is 429. The van der Waals surface area contributed by atoms with E-state index < -0.39 is 6.10 Å². The number of aliphatic hydroxyl groups excluding tert-OH is 1. The van der Waals surface area contributed by atoms with Crippen LogP contribution in [0.4, 0.5) is 9.18 Å². The number of nitrogens with one attached hydrogen (secondary N) is 2. The maximum absolute atomic E-state index is 13.4. The van der Waals surface area contributed by atoms with Gasteiger partial charge in [0.1, 0.15) is 5.82 Å². The zero-order valence-corrected chi connectivity index (χ0v) is 12.3. The highest BCUT2D eigenvalue weighted by Crippen LogP contribution is 2.15. The Morgan fingerprint density at radius 2 is 2.21 bits per heavy atom. The van der Waals surface area contributed by atoms with Crippen molar-refractivity contribution >= 4 is 22.0 Å². The van der Waals surface area contributed by atoms with Crippen molar-refractivity contribution in [1.29, 1.82) is 0 Å². The van der Waals surface area contributed by atoms with Crippen molar-refractivity contribution in [2.75, 3.05) is 6.54 Å². The molecule has 0 aromatic heterocycles. The number of benzene rings is 1. The number of amides is 2. The lowest BCUT2D eigenvalue weighted by Gasteiger charge is -2.10. The predicted octanol–water partition coefficient (Wildman–Crippen LogP) is 2.55. The van der Waals surface area contributed by atoms with Crippen LogP contribution in [-0.4, -0.2) is 23.8 Å². The molecular weight excluding hydrogens is 315 g/mol. The van der Waals surface area contributed by atoms with Gasteiger partial charge >= 0.3 is 6.03 Å². The van der Waals surface area contributed by atoms with Gasteiger partial charge in [-0.25, -0.2) is 9.18 Å². The van der Waals surface area contributed by atoms with E-state index in [1.807, 2.05) is 6.92 Å². The molecule has 2 amide bonds. The summed E-state index contributed by atoms with van der Waals surface area (Å²) in [5.41, 5.74) is 0.415. The van der Waals surface area contributed by atoms with E-state index in [4.69, 9.17) is 0 Å². The van der Waals surface area contributed by atoms with Gasteiger partial charge in [-0.05, 0) is 31.0 Å². The fourth-order valence-corrected chi connectivity index (χ4v) is 1.88. The summed E-state index contributed by atoms with van der Waals surface area (Å²) in [4.78, 5) is 11.4. The van der Waals surface area contributed by atoms with Crippen LogP contribution in [0.15, 0.2) is 22.7 Å². The molecule has 0 saturated carbocycles. The molecule has 106 valence electrons. The highest BCUT2D eigenvalue weighted by molar-refractivity contribution is 9.10. The minimum atomic E-state index is -0.400. The average Bonchev–Trinajstić information content (AvgIpc) is 2.39. The number of hydrogen-bond acceptors (Lipinski definition) is 2. The maximum Gasteiger partial charge on any atom is 0.315 e. The quantitative estimate of drug-likeness (QED) is 0.749. The van der Waals surface area contributed by atoms with Crippen molar-refractivity contribution in [2.45, 2.75) is 32.4 Å². The molecule has 1 aromatic carbocycles. The SMILES string of the molecule is CCC(O)CCNC(=O)NCc1cc(Br)ccc1F. The molecule has 4 nitrogen and oxygen atoms in total. The van der Waals surface area contributed by atoms with Gasteiger partial charge in [-0.3, -0.25) is 0 Å². The zero-order chi connectivity index (χ0) is 14.3. The summed E-state index contributed by atoms with van der Waals surface area (Å²) in [6, 6.07) is 4.20. The molecule has 0 bridgehead atoms. The molecule has 0 saturated heterocycles. The number of urea groups is 1. The molecule has 1 rings (SSSR count). The zero-order valence-electron chi connectivity index (χ0n) is 10.7. The Morgan fingerprint density at radius 3 is 2.89 bits per heavy atom. The lowest BCUT2D eigenvalue weighted by atomic mass is 10.2. The van der Waals surface area contributed by atoms with Crippen LogP contribution < -0.4 is 10.6 Å². The molecule has 0 fully saturated rings. The standard InChI is InChI=1S/C13H18BrFN2O2/c1-2-11(18)5-6-16-13(19)17-8-9-7-10(14)3-4-12(9)15/h3-4,7,11,18H,2,5-6,8H2,1H3,(H2,16,17,19). The summed E-state index contributed by atoms with van der Waals surface area (Å²) in [5.74, 6) is -0.357. The van der Waals surface area contributed by atoms with Crippen molar-refractivity contribution < 1.29 is 14.3 Å². The highest BCUT2D eigenvalue weighted by Gasteiger charge is 2.06. The van der Waals surface area contributed by atoms with E-state index in [-0.39, 0.29) is 18.4 Å². The molecule has 19 heavy (non-hydrogen) atoms. The van der Waals surface area contributed by atoms with Crippen LogP contribution >= 0.6 is 15.9 Å². The fourth-order valence-electron chi connectivity index (χ4n) is 1.47. The summed E-state index contributed by atoms with van der Waals surface area (Å²) < 4.78 is 14.2. The van der Waals surface area contributed by atoms with Gasteiger partial charge in [0, 0.05) is 23.1 Å². The van der Waals surface area contributed by atoms with Crippen LogP contribution in [0.1, 0.15) is 25.3 Å². The largest absolute Gasteiger partial charge is 0.393 e. The van der Waals surface area contributed by atoms with Gasteiger partial charge in [-0.2, -0.15) is 0 Å². The van der Waals surface area contributed by atoms with Crippen molar-refractivity contribution in [3.05, 3.63) is 34.1 Å². The lowest BCUT2D eigenvalue weighted by molar-refractivity contribution is 0.160. The molecule has 0 aliphatic heterocycles. The normalized spacial score (nSPS) is 12.0. The Morgan fingerprint density at radius 1 is 1.47 bits per heavy atom. The minimum Gasteiger partial charge on any atom is -0.393 e. The number of hydrogen-bond donors (Lipinski definition) is 3. The third-order valence-corrected chi connectivity index (χ3v) is 3.17. The molecule has 0 aliphatic carbocycles. The number of aliphatic hydroxyl groups is 1. The van der Waals surface area contributed by atoms with Crippen molar-refractivity contribution in [3.8, 4) is 0 Å². The molecule has 1 aromatic rings. The Balaban J connectivity index is 2.32. The van der Waals surface area contributed by atoms with Crippen LogP contribution in [0.3, 0.4) is 0 Å². The maximum atomic E-state index is 13.4. The van der Waals surface area contributed by atoms with Crippen molar-refractivity contribution in [1.82, 2.24) is 10.6 Å². The van der Waals surface area contributed by atoms with Gasteiger partial charge in [-0.1, -0.05) is 22.9 Å². The number of rotatable bonds is 6. The minimum absolute atomic E-state index is 0.118.